The molecule has 2 nitrogen and oxygen atoms in total. The summed E-state index contributed by atoms with van der Waals surface area (Å²) in [6, 6.07) is 19.9. The quantitative estimate of drug-likeness (QED) is 0.494. The van der Waals surface area contributed by atoms with Crippen LogP contribution in [-0.2, 0) is 13.0 Å². The van der Waals surface area contributed by atoms with Crippen molar-refractivity contribution < 1.29 is 4.74 Å². The fourth-order valence-corrected chi connectivity index (χ4v) is 5.82. The highest BCUT2D eigenvalue weighted by Crippen LogP contribution is 2.64. The van der Waals surface area contributed by atoms with Gasteiger partial charge in [0, 0.05) is 0 Å². The summed E-state index contributed by atoms with van der Waals surface area (Å²) >= 11 is 0. The largest absolute Gasteiger partial charge is 0.489 e. The lowest BCUT2D eigenvalue weighted by molar-refractivity contribution is 0.305. The topological polar surface area (TPSA) is 35.2 Å². The lowest BCUT2D eigenvalue weighted by Gasteiger charge is -2.18. The van der Waals surface area contributed by atoms with Crippen LogP contribution >= 0.6 is 0 Å². The van der Waals surface area contributed by atoms with E-state index in [-0.39, 0.29) is 0 Å². The number of fused-ring (bicyclic) bond motifs is 1. The second-order valence-corrected chi connectivity index (χ2v) is 9.67. The van der Waals surface area contributed by atoms with E-state index >= 15 is 0 Å². The van der Waals surface area contributed by atoms with Crippen LogP contribution in [0.25, 0.3) is 11.1 Å². The molecule has 3 aromatic carbocycles. The van der Waals surface area contributed by atoms with Crippen LogP contribution < -0.4 is 10.5 Å². The van der Waals surface area contributed by atoms with E-state index in [0.717, 1.165) is 18.7 Å². The molecule has 0 saturated heterocycles. The van der Waals surface area contributed by atoms with Crippen molar-refractivity contribution in [1.82, 2.24) is 0 Å². The summed E-state index contributed by atoms with van der Waals surface area (Å²) in [5.41, 5.74) is 17.3. The van der Waals surface area contributed by atoms with Gasteiger partial charge in [-0.2, -0.15) is 0 Å². The lowest BCUT2D eigenvalue weighted by atomic mass is 9.87. The Labute approximate surface area is 186 Å². The molecule has 2 aliphatic rings. The molecule has 0 bridgehead atoms. The zero-order valence-electron chi connectivity index (χ0n) is 19.0. The predicted molar refractivity (Wildman–Crippen MR) is 129 cm³/mol. The van der Waals surface area contributed by atoms with Crippen molar-refractivity contribution in [2.24, 2.45) is 11.1 Å². The number of benzene rings is 3. The Hall–Kier alpha value is -2.58. The Bertz CT molecular complexity index is 1110. The van der Waals surface area contributed by atoms with E-state index in [0.29, 0.717) is 17.9 Å². The number of hydrogen-bond donors (Lipinski definition) is 1. The summed E-state index contributed by atoms with van der Waals surface area (Å²) in [5.74, 6) is 1.64. The van der Waals surface area contributed by atoms with Gasteiger partial charge in [0.05, 0.1) is 0 Å². The van der Waals surface area contributed by atoms with E-state index < -0.39 is 0 Å². The highest BCUT2D eigenvalue weighted by molar-refractivity contribution is 5.74. The summed E-state index contributed by atoms with van der Waals surface area (Å²) in [4.78, 5) is 0. The van der Waals surface area contributed by atoms with E-state index in [9.17, 15) is 0 Å². The molecule has 2 N–H and O–H groups in total. The smallest absolute Gasteiger partial charge is 0.120 e. The minimum atomic E-state index is 0.511. The van der Waals surface area contributed by atoms with Gasteiger partial charge < -0.3 is 10.5 Å². The van der Waals surface area contributed by atoms with Crippen LogP contribution in [0, 0.1) is 26.2 Å². The second-order valence-electron chi connectivity index (χ2n) is 9.67. The number of rotatable bonds is 6. The van der Waals surface area contributed by atoms with E-state index in [1.54, 1.807) is 0 Å². The van der Waals surface area contributed by atoms with Gasteiger partial charge in [-0.05, 0) is 121 Å². The maximum atomic E-state index is 6.31. The Morgan fingerprint density at radius 3 is 2.42 bits per heavy atom. The molecule has 31 heavy (non-hydrogen) atoms. The van der Waals surface area contributed by atoms with Crippen molar-refractivity contribution in [3.63, 3.8) is 0 Å². The van der Waals surface area contributed by atoms with Crippen LogP contribution in [0.5, 0.6) is 5.75 Å². The highest BCUT2D eigenvalue weighted by Gasteiger charge is 2.53. The number of ether oxygens (including phenoxy) is 1. The van der Waals surface area contributed by atoms with Gasteiger partial charge in [0.2, 0.25) is 0 Å². The maximum absolute atomic E-state index is 6.31. The van der Waals surface area contributed by atoms with Gasteiger partial charge in [0.25, 0.3) is 0 Å². The Balaban J connectivity index is 1.37. The monoisotopic (exact) mass is 411 g/mol. The molecule has 1 atom stereocenters. The molecule has 0 radical (unpaired) electrons. The minimum absolute atomic E-state index is 0.511. The van der Waals surface area contributed by atoms with Gasteiger partial charge in [-0.3, -0.25) is 0 Å². The third-order valence-electron chi connectivity index (χ3n) is 7.71. The van der Waals surface area contributed by atoms with Crippen molar-refractivity contribution in [3.05, 3.63) is 88.0 Å². The van der Waals surface area contributed by atoms with E-state index in [1.807, 2.05) is 0 Å². The second kappa shape index (κ2) is 7.84. The molecule has 1 saturated carbocycles. The number of nitrogens with two attached hydrogens (primary N) is 1. The SMILES string of the molecule is Cc1cccc(C)c1-c1cccc(COc2ccc3c(c2)CC2(CC2)C3CCN)c1C. The van der Waals surface area contributed by atoms with Crippen molar-refractivity contribution in [3.8, 4) is 16.9 Å². The third-order valence-corrected chi connectivity index (χ3v) is 7.71. The van der Waals surface area contributed by atoms with Crippen LogP contribution in [-0.4, -0.2) is 6.54 Å². The van der Waals surface area contributed by atoms with E-state index in [2.05, 4.69) is 75.4 Å². The summed E-state index contributed by atoms with van der Waals surface area (Å²) in [5, 5.41) is 0. The average Bonchev–Trinajstić information content (AvgIpc) is 3.46. The molecule has 2 aliphatic carbocycles. The summed E-state index contributed by atoms with van der Waals surface area (Å²) in [6.07, 6.45) is 5.02. The number of aryl methyl sites for hydroxylation is 2. The van der Waals surface area contributed by atoms with Crippen LogP contribution in [0.2, 0.25) is 0 Å². The highest BCUT2D eigenvalue weighted by atomic mass is 16.5. The van der Waals surface area contributed by atoms with Gasteiger partial charge in [-0.1, -0.05) is 42.5 Å². The molecule has 0 aromatic heterocycles. The molecular weight excluding hydrogens is 378 g/mol. The normalized spacial score (nSPS) is 18.3. The van der Waals surface area contributed by atoms with Crippen molar-refractivity contribution in [1.29, 1.82) is 0 Å². The first kappa shape index (κ1) is 20.3. The first-order valence-corrected chi connectivity index (χ1v) is 11.6. The molecule has 1 spiro atoms. The molecule has 0 amide bonds. The maximum Gasteiger partial charge on any atom is 0.120 e. The van der Waals surface area contributed by atoms with E-state index in [4.69, 9.17) is 10.5 Å². The van der Waals surface area contributed by atoms with Gasteiger partial charge in [-0.15, -0.1) is 0 Å². The van der Waals surface area contributed by atoms with Crippen LogP contribution in [0.3, 0.4) is 0 Å². The van der Waals surface area contributed by atoms with Crippen molar-refractivity contribution in [2.45, 2.75) is 59.0 Å². The van der Waals surface area contributed by atoms with Gasteiger partial charge >= 0.3 is 0 Å². The molecule has 0 aliphatic heterocycles. The number of hydrogen-bond acceptors (Lipinski definition) is 2. The van der Waals surface area contributed by atoms with Crippen molar-refractivity contribution in [2.75, 3.05) is 6.54 Å². The minimum Gasteiger partial charge on any atom is -0.489 e. The standard InChI is InChI=1S/C29H33NO/c1-19-6-4-7-20(2)28(19)25-9-5-8-22(21(25)3)18-31-24-10-11-26-23(16-24)17-29(13-14-29)27(26)12-15-30/h4-11,16,27H,12-15,17-18,30H2,1-3H3. The van der Waals surface area contributed by atoms with Crippen LogP contribution in [0.15, 0.2) is 54.6 Å². The van der Waals surface area contributed by atoms with Crippen LogP contribution in [0.4, 0.5) is 0 Å². The molecule has 160 valence electrons. The Morgan fingerprint density at radius 1 is 0.968 bits per heavy atom. The van der Waals surface area contributed by atoms with Gasteiger partial charge in [0.1, 0.15) is 12.4 Å². The fraction of sp³-hybridized carbons (Fsp3) is 0.379. The molecule has 3 aromatic rings. The molecule has 1 unspecified atom stereocenters. The first-order valence-electron chi connectivity index (χ1n) is 11.6. The van der Waals surface area contributed by atoms with E-state index in [1.165, 1.54) is 63.8 Å². The molecule has 2 heteroatoms. The molecular formula is C29H33NO. The summed E-state index contributed by atoms with van der Waals surface area (Å²) < 4.78 is 6.31. The zero-order chi connectivity index (χ0) is 21.6. The predicted octanol–water partition coefficient (Wildman–Crippen LogP) is 6.63. The van der Waals surface area contributed by atoms with Crippen LogP contribution in [0.1, 0.15) is 58.6 Å². The van der Waals surface area contributed by atoms with Gasteiger partial charge in [-0.25, -0.2) is 0 Å². The zero-order valence-corrected chi connectivity index (χ0v) is 19.0. The molecule has 1 fully saturated rings. The summed E-state index contributed by atoms with van der Waals surface area (Å²) in [7, 11) is 0. The Morgan fingerprint density at radius 2 is 1.71 bits per heavy atom. The average molecular weight is 412 g/mol. The first-order chi connectivity index (χ1) is 15.0. The van der Waals surface area contributed by atoms with Crippen molar-refractivity contribution >= 4 is 0 Å². The molecule has 5 rings (SSSR count). The Kier molecular flexibility index (Phi) is 5.14. The molecule has 0 heterocycles. The fourth-order valence-electron chi connectivity index (χ4n) is 5.82. The lowest BCUT2D eigenvalue weighted by Crippen LogP contribution is -2.13. The summed E-state index contributed by atoms with van der Waals surface area (Å²) in [6.45, 7) is 7.98. The third kappa shape index (κ3) is 3.57. The van der Waals surface area contributed by atoms with Gasteiger partial charge in [0.15, 0.2) is 0 Å².